The molecular weight excluding hydrogens is 408 g/mol. The Hall–Kier alpha value is -3.51. The number of esters is 1. The van der Waals surface area contributed by atoms with E-state index in [0.717, 1.165) is 26.4 Å². The topological polar surface area (TPSA) is 68.3 Å². The van der Waals surface area contributed by atoms with Crippen LogP contribution in [0.25, 0.3) is 10.2 Å². The summed E-state index contributed by atoms with van der Waals surface area (Å²) in [6.45, 7) is -0.311. The van der Waals surface area contributed by atoms with Gasteiger partial charge in [0.15, 0.2) is 6.61 Å². The maximum atomic E-state index is 12.5. The Bertz CT molecular complexity index is 1090. The largest absolute Gasteiger partial charge is 0.456 e. The van der Waals surface area contributed by atoms with E-state index in [1.807, 2.05) is 84.9 Å². The van der Waals surface area contributed by atoms with Crippen LogP contribution in [-0.4, -0.2) is 23.5 Å². The normalized spacial score (nSPS) is 10.9. The molecule has 3 aromatic carbocycles. The minimum atomic E-state index is -0.412. The van der Waals surface area contributed by atoms with E-state index in [9.17, 15) is 9.59 Å². The molecule has 1 amide bonds. The van der Waals surface area contributed by atoms with E-state index in [1.54, 1.807) is 11.3 Å². The number of rotatable bonds is 8. The Morgan fingerprint density at radius 1 is 0.871 bits per heavy atom. The smallest absolute Gasteiger partial charge is 0.306 e. The lowest BCUT2D eigenvalue weighted by atomic mass is 9.99. The molecule has 0 aliphatic carbocycles. The number of aromatic nitrogens is 1. The van der Waals surface area contributed by atoms with Crippen LogP contribution in [-0.2, 0) is 20.7 Å². The van der Waals surface area contributed by atoms with Crippen molar-refractivity contribution in [2.45, 2.75) is 18.9 Å². The fraction of sp³-hybridized carbons (Fsp3) is 0.160. The lowest BCUT2D eigenvalue weighted by Gasteiger charge is -2.19. The molecule has 31 heavy (non-hydrogen) atoms. The Morgan fingerprint density at radius 3 is 2.13 bits per heavy atom. The second-order valence-corrected chi connectivity index (χ2v) is 8.17. The van der Waals surface area contributed by atoms with Gasteiger partial charge in [0.25, 0.3) is 5.91 Å². The van der Waals surface area contributed by atoms with Gasteiger partial charge in [0.1, 0.15) is 0 Å². The van der Waals surface area contributed by atoms with Gasteiger partial charge in [0, 0.05) is 6.42 Å². The average molecular weight is 431 g/mol. The molecule has 6 heteroatoms. The second-order valence-electron chi connectivity index (χ2n) is 7.06. The molecule has 4 aromatic rings. The number of nitrogens with zero attached hydrogens (tertiary/aromatic N) is 1. The van der Waals surface area contributed by atoms with Crippen LogP contribution >= 0.6 is 11.3 Å². The van der Waals surface area contributed by atoms with E-state index >= 15 is 0 Å². The highest BCUT2D eigenvalue weighted by Gasteiger charge is 2.17. The van der Waals surface area contributed by atoms with E-state index < -0.39 is 5.97 Å². The number of carbonyl (C=O) groups is 2. The monoisotopic (exact) mass is 430 g/mol. The summed E-state index contributed by atoms with van der Waals surface area (Å²) in [5.74, 6) is -0.753. The van der Waals surface area contributed by atoms with Crippen molar-refractivity contribution in [1.82, 2.24) is 10.3 Å². The number of ether oxygens (including phenoxy) is 1. The van der Waals surface area contributed by atoms with E-state index in [1.165, 1.54) is 0 Å². The molecule has 0 bridgehead atoms. The number of amides is 1. The number of thiazole rings is 1. The van der Waals surface area contributed by atoms with E-state index in [4.69, 9.17) is 4.74 Å². The van der Waals surface area contributed by atoms with Crippen molar-refractivity contribution in [3.8, 4) is 0 Å². The summed E-state index contributed by atoms with van der Waals surface area (Å²) in [7, 11) is 0. The first-order valence-electron chi connectivity index (χ1n) is 10.1. The Balaban J connectivity index is 1.31. The summed E-state index contributed by atoms with van der Waals surface area (Å²) < 4.78 is 6.29. The number of nitrogens with one attached hydrogen (secondary N) is 1. The van der Waals surface area contributed by atoms with Gasteiger partial charge >= 0.3 is 5.97 Å². The van der Waals surface area contributed by atoms with Crippen molar-refractivity contribution < 1.29 is 14.3 Å². The number of hydrogen-bond acceptors (Lipinski definition) is 5. The summed E-state index contributed by atoms with van der Waals surface area (Å²) in [6.07, 6.45) is 0.685. The lowest BCUT2D eigenvalue weighted by molar-refractivity contribution is -0.148. The highest BCUT2D eigenvalue weighted by Crippen LogP contribution is 2.23. The van der Waals surface area contributed by atoms with E-state index in [-0.39, 0.29) is 25.0 Å². The first-order valence-corrected chi connectivity index (χ1v) is 10.9. The zero-order valence-electron chi connectivity index (χ0n) is 16.9. The minimum Gasteiger partial charge on any atom is -0.456 e. The summed E-state index contributed by atoms with van der Waals surface area (Å²) in [5.41, 5.74) is 2.86. The zero-order valence-corrected chi connectivity index (χ0v) is 17.7. The molecule has 0 aliphatic rings. The number of benzene rings is 3. The Morgan fingerprint density at radius 2 is 1.48 bits per heavy atom. The van der Waals surface area contributed by atoms with Crippen molar-refractivity contribution in [3.05, 3.63) is 101 Å². The molecule has 156 valence electrons. The predicted octanol–water partition coefficient (Wildman–Crippen LogP) is 4.68. The highest BCUT2D eigenvalue weighted by atomic mass is 32.1. The van der Waals surface area contributed by atoms with Crippen LogP contribution in [0.3, 0.4) is 0 Å². The molecule has 0 atom stereocenters. The van der Waals surface area contributed by atoms with Crippen LogP contribution < -0.4 is 5.32 Å². The van der Waals surface area contributed by atoms with Crippen molar-refractivity contribution >= 4 is 33.4 Å². The molecule has 1 heterocycles. The number of fused-ring (bicyclic) bond motifs is 1. The van der Waals surface area contributed by atoms with Crippen LogP contribution in [0.2, 0.25) is 0 Å². The predicted molar refractivity (Wildman–Crippen MR) is 122 cm³/mol. The lowest BCUT2D eigenvalue weighted by Crippen LogP contribution is -2.33. The van der Waals surface area contributed by atoms with Crippen molar-refractivity contribution in [1.29, 1.82) is 0 Å². The summed E-state index contributed by atoms with van der Waals surface area (Å²) >= 11 is 1.57. The molecule has 0 spiro atoms. The maximum Gasteiger partial charge on any atom is 0.306 e. The van der Waals surface area contributed by atoms with Gasteiger partial charge in [-0.25, -0.2) is 4.98 Å². The molecule has 0 radical (unpaired) electrons. The van der Waals surface area contributed by atoms with E-state index in [0.29, 0.717) is 6.42 Å². The fourth-order valence-corrected chi connectivity index (χ4v) is 4.27. The summed E-state index contributed by atoms with van der Waals surface area (Å²) in [5, 5.41) is 3.86. The second kappa shape index (κ2) is 10.00. The SMILES string of the molecule is O=C(COC(=O)CCc1nc2ccccc2s1)NC(c1ccccc1)c1ccccc1. The van der Waals surface area contributed by atoms with Crippen LogP contribution in [0.5, 0.6) is 0 Å². The van der Waals surface area contributed by atoms with Crippen molar-refractivity contribution in [2.75, 3.05) is 6.61 Å². The molecule has 0 aliphatic heterocycles. The van der Waals surface area contributed by atoms with Gasteiger partial charge < -0.3 is 10.1 Å². The molecule has 0 saturated carbocycles. The molecule has 5 nitrogen and oxygen atoms in total. The van der Waals surface area contributed by atoms with Crippen LogP contribution in [0.15, 0.2) is 84.9 Å². The van der Waals surface area contributed by atoms with Gasteiger partial charge in [-0.3, -0.25) is 9.59 Å². The molecule has 4 rings (SSSR count). The highest BCUT2D eigenvalue weighted by molar-refractivity contribution is 7.18. The quantitative estimate of drug-likeness (QED) is 0.412. The van der Waals surface area contributed by atoms with Gasteiger partial charge in [0.2, 0.25) is 0 Å². The van der Waals surface area contributed by atoms with Crippen LogP contribution in [0.4, 0.5) is 0 Å². The molecule has 0 unspecified atom stereocenters. The van der Waals surface area contributed by atoms with Gasteiger partial charge in [-0.1, -0.05) is 72.8 Å². The number of carbonyl (C=O) groups excluding carboxylic acids is 2. The fourth-order valence-electron chi connectivity index (χ4n) is 3.31. The third-order valence-electron chi connectivity index (χ3n) is 4.82. The third kappa shape index (κ3) is 5.55. The number of hydrogen-bond donors (Lipinski definition) is 1. The molecule has 1 N–H and O–H groups in total. The number of aryl methyl sites for hydroxylation is 1. The van der Waals surface area contributed by atoms with Crippen LogP contribution in [0, 0.1) is 0 Å². The maximum absolute atomic E-state index is 12.5. The van der Waals surface area contributed by atoms with Crippen molar-refractivity contribution in [3.63, 3.8) is 0 Å². The van der Waals surface area contributed by atoms with Crippen LogP contribution in [0.1, 0.15) is 28.6 Å². The molecule has 1 aromatic heterocycles. The first-order chi connectivity index (χ1) is 15.2. The van der Waals surface area contributed by atoms with Crippen molar-refractivity contribution in [2.24, 2.45) is 0 Å². The molecule has 0 fully saturated rings. The minimum absolute atomic E-state index is 0.188. The number of para-hydroxylation sites is 1. The van der Waals surface area contributed by atoms with Gasteiger partial charge in [-0.2, -0.15) is 0 Å². The molecular formula is C25H22N2O3S. The van der Waals surface area contributed by atoms with E-state index in [2.05, 4.69) is 10.3 Å². The summed E-state index contributed by atoms with van der Waals surface area (Å²) in [6, 6.07) is 27.0. The summed E-state index contributed by atoms with van der Waals surface area (Å²) in [4.78, 5) is 29.2. The standard InChI is InChI=1S/C25H22N2O3S/c28-22(27-25(18-9-3-1-4-10-18)19-11-5-2-6-12-19)17-30-24(29)16-15-23-26-20-13-7-8-14-21(20)31-23/h1-14,25H,15-17H2,(H,27,28). The third-order valence-corrected chi connectivity index (χ3v) is 5.91. The average Bonchev–Trinajstić information content (AvgIpc) is 3.24. The zero-order chi connectivity index (χ0) is 21.5. The Labute approximate surface area is 184 Å². The van der Waals surface area contributed by atoms with Gasteiger partial charge in [-0.05, 0) is 23.3 Å². The Kier molecular flexibility index (Phi) is 6.69. The molecule has 0 saturated heterocycles. The first kappa shape index (κ1) is 20.8. The van der Waals surface area contributed by atoms with Gasteiger partial charge in [-0.15, -0.1) is 11.3 Å². The van der Waals surface area contributed by atoms with Gasteiger partial charge in [0.05, 0.1) is 27.7 Å².